The van der Waals surface area contributed by atoms with Gasteiger partial charge in [0.2, 0.25) is 10.0 Å². The molecule has 1 aromatic carbocycles. The second-order valence-electron chi connectivity index (χ2n) is 3.70. The number of hydrogen-bond acceptors (Lipinski definition) is 3. The summed E-state index contributed by atoms with van der Waals surface area (Å²) in [5, 5.41) is 3.32. The van der Waals surface area contributed by atoms with Crippen LogP contribution in [0, 0.1) is 0 Å². The molecule has 0 aliphatic rings. The summed E-state index contributed by atoms with van der Waals surface area (Å²) in [5.41, 5.74) is 0. The Labute approximate surface area is 121 Å². The lowest BCUT2D eigenvalue weighted by atomic mass is 10.4. The van der Waals surface area contributed by atoms with Crippen LogP contribution >= 0.6 is 27.5 Å². The van der Waals surface area contributed by atoms with Crippen LogP contribution in [0.2, 0.25) is 5.02 Å². The first-order valence-corrected chi connectivity index (χ1v) is 8.29. The van der Waals surface area contributed by atoms with Gasteiger partial charge in [0, 0.05) is 17.6 Å². The van der Waals surface area contributed by atoms with E-state index in [1.807, 2.05) is 0 Å². The molecule has 0 fully saturated rings. The lowest BCUT2D eigenvalue weighted by Gasteiger charge is -2.10. The van der Waals surface area contributed by atoms with E-state index < -0.39 is 10.0 Å². The van der Waals surface area contributed by atoms with E-state index in [9.17, 15) is 8.42 Å². The number of nitrogens with one attached hydrogen (secondary N) is 2. The average molecular weight is 356 g/mol. The standard InChI is InChI=1S/C11H16BrClN2O2S/c1-2-6-14-7-8-15-18(16,17)11-9(12)4-3-5-10(11)13/h3-5,14-15H,2,6-8H2,1H3. The first kappa shape index (κ1) is 15.9. The number of sulfonamides is 1. The van der Waals surface area contributed by atoms with Gasteiger partial charge in [-0.05, 0) is 41.0 Å². The normalized spacial score (nSPS) is 11.7. The third-order valence-electron chi connectivity index (χ3n) is 2.21. The summed E-state index contributed by atoms with van der Waals surface area (Å²) in [7, 11) is -3.58. The average Bonchev–Trinajstić information content (AvgIpc) is 2.28. The summed E-state index contributed by atoms with van der Waals surface area (Å²) in [6.07, 6.45) is 1.02. The topological polar surface area (TPSA) is 58.2 Å². The highest BCUT2D eigenvalue weighted by Crippen LogP contribution is 2.28. The number of halogens is 2. The first-order valence-electron chi connectivity index (χ1n) is 5.63. The van der Waals surface area contributed by atoms with Crippen LogP contribution in [0.5, 0.6) is 0 Å². The van der Waals surface area contributed by atoms with Crippen molar-refractivity contribution in [1.29, 1.82) is 0 Å². The summed E-state index contributed by atoms with van der Waals surface area (Å²) in [5.74, 6) is 0. The zero-order chi connectivity index (χ0) is 13.6. The molecule has 102 valence electrons. The molecule has 0 bridgehead atoms. The van der Waals surface area contributed by atoms with E-state index in [0.29, 0.717) is 17.6 Å². The SMILES string of the molecule is CCCNCCNS(=O)(=O)c1c(Cl)cccc1Br. The van der Waals surface area contributed by atoms with Gasteiger partial charge in [0.05, 0.1) is 5.02 Å². The molecule has 0 amide bonds. The third kappa shape index (κ3) is 4.51. The van der Waals surface area contributed by atoms with Gasteiger partial charge in [-0.1, -0.05) is 24.6 Å². The minimum absolute atomic E-state index is 0.0853. The van der Waals surface area contributed by atoms with Crippen molar-refractivity contribution in [3.63, 3.8) is 0 Å². The molecule has 0 heterocycles. The maximum absolute atomic E-state index is 12.1. The fourth-order valence-corrected chi connectivity index (χ4v) is 4.15. The van der Waals surface area contributed by atoms with Gasteiger partial charge in [-0.15, -0.1) is 0 Å². The highest BCUT2D eigenvalue weighted by atomic mass is 79.9. The van der Waals surface area contributed by atoms with E-state index in [4.69, 9.17) is 11.6 Å². The highest BCUT2D eigenvalue weighted by molar-refractivity contribution is 9.10. The Hall–Kier alpha value is -0.140. The summed E-state index contributed by atoms with van der Waals surface area (Å²) in [6.45, 7) is 3.85. The largest absolute Gasteiger partial charge is 0.315 e. The molecule has 0 unspecified atom stereocenters. The zero-order valence-corrected chi connectivity index (χ0v) is 13.2. The molecule has 0 saturated heterocycles. The molecule has 0 saturated carbocycles. The Balaban J connectivity index is 2.69. The van der Waals surface area contributed by atoms with Crippen molar-refractivity contribution in [3.05, 3.63) is 27.7 Å². The smallest absolute Gasteiger partial charge is 0.243 e. The van der Waals surface area contributed by atoms with Crippen molar-refractivity contribution >= 4 is 37.6 Å². The van der Waals surface area contributed by atoms with E-state index >= 15 is 0 Å². The molecule has 0 aromatic heterocycles. The van der Waals surface area contributed by atoms with Crippen molar-refractivity contribution in [2.75, 3.05) is 19.6 Å². The monoisotopic (exact) mass is 354 g/mol. The zero-order valence-electron chi connectivity index (χ0n) is 10.0. The van der Waals surface area contributed by atoms with E-state index in [1.54, 1.807) is 18.2 Å². The van der Waals surface area contributed by atoms with E-state index in [1.165, 1.54) is 0 Å². The van der Waals surface area contributed by atoms with Gasteiger partial charge in [-0.2, -0.15) is 0 Å². The van der Waals surface area contributed by atoms with Gasteiger partial charge < -0.3 is 5.32 Å². The Kier molecular flexibility index (Phi) is 6.59. The third-order valence-corrected chi connectivity index (χ3v) is 5.12. The highest BCUT2D eigenvalue weighted by Gasteiger charge is 2.20. The van der Waals surface area contributed by atoms with Crippen LogP contribution < -0.4 is 10.0 Å². The summed E-state index contributed by atoms with van der Waals surface area (Å²) >= 11 is 9.11. The van der Waals surface area contributed by atoms with Crippen LogP contribution in [0.25, 0.3) is 0 Å². The Morgan fingerprint density at radius 1 is 1.28 bits per heavy atom. The van der Waals surface area contributed by atoms with Crippen LogP contribution in [0.15, 0.2) is 27.6 Å². The van der Waals surface area contributed by atoms with E-state index in [0.717, 1.165) is 13.0 Å². The number of hydrogen-bond donors (Lipinski definition) is 2. The summed E-state index contributed by atoms with van der Waals surface area (Å²) < 4.78 is 27.1. The molecular formula is C11H16BrClN2O2S. The Morgan fingerprint density at radius 2 is 2.00 bits per heavy atom. The molecule has 1 rings (SSSR count). The second kappa shape index (κ2) is 7.45. The minimum atomic E-state index is -3.58. The lowest BCUT2D eigenvalue weighted by molar-refractivity contribution is 0.575. The predicted octanol–water partition coefficient (Wildman–Crippen LogP) is 2.38. The predicted molar refractivity (Wildman–Crippen MR) is 77.5 cm³/mol. The van der Waals surface area contributed by atoms with E-state index in [-0.39, 0.29) is 9.92 Å². The second-order valence-corrected chi connectivity index (χ2v) is 6.66. The van der Waals surface area contributed by atoms with Gasteiger partial charge in [0.25, 0.3) is 0 Å². The fraction of sp³-hybridized carbons (Fsp3) is 0.455. The van der Waals surface area contributed by atoms with Crippen LogP contribution in [0.1, 0.15) is 13.3 Å². The van der Waals surface area contributed by atoms with Gasteiger partial charge >= 0.3 is 0 Å². The van der Waals surface area contributed by atoms with Crippen LogP contribution in [0.4, 0.5) is 0 Å². The van der Waals surface area contributed by atoms with E-state index in [2.05, 4.69) is 32.9 Å². The number of benzene rings is 1. The molecule has 0 atom stereocenters. The van der Waals surface area contributed by atoms with Gasteiger partial charge in [-0.25, -0.2) is 13.1 Å². The van der Waals surface area contributed by atoms with Crippen LogP contribution in [-0.2, 0) is 10.0 Å². The minimum Gasteiger partial charge on any atom is -0.315 e. The molecule has 1 aromatic rings. The fourth-order valence-electron chi connectivity index (χ4n) is 1.39. The van der Waals surface area contributed by atoms with Crippen molar-refractivity contribution in [2.24, 2.45) is 0 Å². The molecule has 0 radical (unpaired) electrons. The van der Waals surface area contributed by atoms with Gasteiger partial charge in [0.15, 0.2) is 0 Å². The quantitative estimate of drug-likeness (QED) is 0.738. The van der Waals surface area contributed by atoms with Crippen molar-refractivity contribution in [3.8, 4) is 0 Å². The molecule has 0 aliphatic heterocycles. The summed E-state index contributed by atoms with van der Waals surface area (Å²) in [4.78, 5) is 0.0853. The lowest BCUT2D eigenvalue weighted by Crippen LogP contribution is -2.32. The summed E-state index contributed by atoms with van der Waals surface area (Å²) in [6, 6.07) is 4.89. The van der Waals surface area contributed by atoms with Crippen molar-refractivity contribution < 1.29 is 8.42 Å². The Morgan fingerprint density at radius 3 is 2.61 bits per heavy atom. The molecule has 0 aliphatic carbocycles. The molecule has 18 heavy (non-hydrogen) atoms. The molecule has 2 N–H and O–H groups in total. The van der Waals surface area contributed by atoms with Crippen molar-refractivity contribution in [1.82, 2.24) is 10.0 Å². The molecule has 7 heteroatoms. The Bertz CT molecular complexity index is 474. The maximum atomic E-state index is 12.1. The van der Waals surface area contributed by atoms with Crippen molar-refractivity contribution in [2.45, 2.75) is 18.2 Å². The van der Waals surface area contributed by atoms with Gasteiger partial charge in [-0.3, -0.25) is 0 Å². The molecule has 0 spiro atoms. The maximum Gasteiger partial charge on any atom is 0.243 e. The van der Waals surface area contributed by atoms with Crippen LogP contribution in [0.3, 0.4) is 0 Å². The van der Waals surface area contributed by atoms with Crippen LogP contribution in [-0.4, -0.2) is 28.1 Å². The van der Waals surface area contributed by atoms with Gasteiger partial charge in [0.1, 0.15) is 4.90 Å². The molecule has 4 nitrogen and oxygen atoms in total. The first-order chi connectivity index (χ1) is 8.49. The molecular weight excluding hydrogens is 340 g/mol. The number of rotatable bonds is 7.